The van der Waals surface area contributed by atoms with Crippen molar-refractivity contribution in [1.82, 2.24) is 0 Å². The highest BCUT2D eigenvalue weighted by atomic mass is 31.3. The van der Waals surface area contributed by atoms with E-state index in [9.17, 15) is 9.13 Å². The van der Waals surface area contributed by atoms with Crippen LogP contribution in [0.15, 0.2) is 23.3 Å². The number of hydrogen-bond acceptors (Lipinski definition) is 4. The van der Waals surface area contributed by atoms with Crippen molar-refractivity contribution in [2.75, 3.05) is 6.61 Å². The topological polar surface area (TPSA) is 113 Å². The van der Waals surface area contributed by atoms with Gasteiger partial charge in [0.15, 0.2) is 0 Å². The third-order valence-corrected chi connectivity index (χ3v) is 3.92. The average Bonchev–Trinajstić information content (AvgIpc) is 2.27. The van der Waals surface area contributed by atoms with E-state index in [1.54, 1.807) is 6.92 Å². The normalized spacial score (nSPS) is 22.0. The summed E-state index contributed by atoms with van der Waals surface area (Å²) in [6, 6.07) is 0. The van der Waals surface area contributed by atoms with Gasteiger partial charge in [0.1, 0.15) is 0 Å². The number of rotatable bonds is 8. The molecule has 0 aromatic carbocycles. The first-order chi connectivity index (χ1) is 10.9. The van der Waals surface area contributed by atoms with Crippen LogP contribution in [0.25, 0.3) is 0 Å². The van der Waals surface area contributed by atoms with Crippen LogP contribution in [0.5, 0.6) is 0 Å². The molecule has 0 fully saturated rings. The molecule has 19 heavy (non-hydrogen) atoms. The number of phosphoric ester groups is 1. The molecule has 0 aliphatic carbocycles. The number of phosphoric acid groups is 2. The third kappa shape index (κ3) is 12.5. The lowest BCUT2D eigenvalue weighted by Crippen LogP contribution is -1.94. The molecule has 0 rings (SSSR count). The molecule has 1 unspecified atom stereocenters. The lowest BCUT2D eigenvalue weighted by Gasteiger charge is -2.11. The van der Waals surface area contributed by atoms with Crippen LogP contribution >= 0.6 is 15.6 Å². The summed E-state index contributed by atoms with van der Waals surface area (Å²) in [5, 5.41) is 0. The Morgan fingerprint density at radius 2 is 1.89 bits per heavy atom. The van der Waals surface area contributed by atoms with Crippen molar-refractivity contribution in [2.24, 2.45) is 0 Å². The zero-order chi connectivity index (χ0) is 20.1. The molecular formula is C10H20O7P2. The van der Waals surface area contributed by atoms with Gasteiger partial charge in [0.25, 0.3) is 0 Å². The van der Waals surface area contributed by atoms with Crippen molar-refractivity contribution < 1.29 is 40.9 Å². The van der Waals surface area contributed by atoms with Gasteiger partial charge in [0.2, 0.25) is 0 Å². The van der Waals surface area contributed by atoms with E-state index in [4.69, 9.17) is 22.9 Å². The van der Waals surface area contributed by atoms with Crippen LogP contribution in [0.4, 0.5) is 0 Å². The molecule has 0 spiro atoms. The van der Waals surface area contributed by atoms with E-state index in [0.717, 1.165) is 6.08 Å². The quantitative estimate of drug-likeness (QED) is 0.465. The van der Waals surface area contributed by atoms with Crippen molar-refractivity contribution in [1.29, 1.82) is 0 Å². The molecule has 0 saturated carbocycles. The molecule has 7 nitrogen and oxygen atoms in total. The Morgan fingerprint density at radius 3 is 2.42 bits per heavy atom. The van der Waals surface area contributed by atoms with E-state index in [0.29, 0.717) is 5.57 Å². The van der Waals surface area contributed by atoms with Crippen LogP contribution in [0.1, 0.15) is 41.7 Å². The second kappa shape index (κ2) is 8.12. The predicted molar refractivity (Wildman–Crippen MR) is 71.3 cm³/mol. The van der Waals surface area contributed by atoms with Crippen molar-refractivity contribution in [3.8, 4) is 0 Å². The molecule has 0 aliphatic rings. The summed E-state index contributed by atoms with van der Waals surface area (Å²) >= 11 is 0. The van der Waals surface area contributed by atoms with E-state index < -0.39 is 41.5 Å². The van der Waals surface area contributed by atoms with Crippen molar-refractivity contribution >= 4 is 15.6 Å². The highest BCUT2D eigenvalue weighted by Gasteiger charge is 2.31. The third-order valence-electron chi connectivity index (χ3n) is 1.77. The summed E-state index contributed by atoms with van der Waals surface area (Å²) in [5.41, 5.74) is -0.0678. The maximum atomic E-state index is 11.2. The molecule has 9 heteroatoms. The van der Waals surface area contributed by atoms with Gasteiger partial charge in [0.05, 0.1) is 6.61 Å². The summed E-state index contributed by atoms with van der Waals surface area (Å²) in [7, 11) is -10.1. The van der Waals surface area contributed by atoms with Gasteiger partial charge < -0.3 is 14.7 Å². The van der Waals surface area contributed by atoms with E-state index in [1.165, 1.54) is 6.08 Å². The first-order valence-corrected chi connectivity index (χ1v) is 8.07. The van der Waals surface area contributed by atoms with Gasteiger partial charge in [-0.3, -0.25) is 4.52 Å². The summed E-state index contributed by atoms with van der Waals surface area (Å²) in [4.78, 5) is 25.9. The lowest BCUT2D eigenvalue weighted by atomic mass is 10.1. The monoisotopic (exact) mass is 320 g/mol. The van der Waals surface area contributed by atoms with E-state index >= 15 is 0 Å². The fourth-order valence-electron chi connectivity index (χ4n) is 0.978. The minimum absolute atomic E-state index is 0.101. The minimum atomic E-state index is -5.18. The Balaban J connectivity index is 4.68. The fraction of sp³-hybridized carbons (Fsp3) is 0.600. The zero-order valence-electron chi connectivity index (χ0n) is 16.1. The van der Waals surface area contributed by atoms with Crippen molar-refractivity contribution in [3.63, 3.8) is 0 Å². The Hall–Kier alpha value is -0.260. The van der Waals surface area contributed by atoms with Crippen LogP contribution in [0, 0.1) is 0 Å². The highest BCUT2D eigenvalue weighted by molar-refractivity contribution is 7.60. The van der Waals surface area contributed by atoms with Crippen molar-refractivity contribution in [3.05, 3.63) is 23.3 Å². The molecule has 0 saturated heterocycles. The molecular weight excluding hydrogens is 294 g/mol. The average molecular weight is 320 g/mol. The summed E-state index contributed by atoms with van der Waals surface area (Å²) in [6.07, 6.45) is 2.76. The Morgan fingerprint density at radius 1 is 1.26 bits per heavy atom. The van der Waals surface area contributed by atoms with Gasteiger partial charge >= 0.3 is 15.6 Å². The van der Waals surface area contributed by atoms with Crippen LogP contribution in [0.3, 0.4) is 0 Å². The standard InChI is InChI=1S/C10H20O7P2/c1-9(2)5-4-6-10(3)7-8-16-19(14,15)17-18(11,12)13/h5,7H,4,6,8H2,1-3H3,(H,14,15)(H2,11,12,13)/b10-7+/i1D3,2D3. The maximum Gasteiger partial charge on any atom is 0.481 e. The predicted octanol–water partition coefficient (Wildman–Crippen LogP) is 2.91. The molecule has 0 bridgehead atoms. The summed E-state index contributed by atoms with van der Waals surface area (Å²) < 4.78 is 72.9. The second-order valence-corrected chi connectivity index (χ2v) is 6.37. The summed E-state index contributed by atoms with van der Waals surface area (Å²) in [5.74, 6) is 0. The molecule has 0 radical (unpaired) electrons. The molecule has 0 aromatic rings. The molecule has 1 atom stereocenters. The first kappa shape index (κ1) is 10.5. The first-order valence-electron chi connectivity index (χ1n) is 8.05. The number of hydrogen-bond donors (Lipinski definition) is 3. The molecule has 112 valence electrons. The van der Waals surface area contributed by atoms with Gasteiger partial charge in [-0.25, -0.2) is 9.13 Å². The van der Waals surface area contributed by atoms with Crippen molar-refractivity contribution in [2.45, 2.75) is 33.5 Å². The zero-order valence-corrected chi connectivity index (χ0v) is 11.9. The lowest BCUT2D eigenvalue weighted by molar-refractivity contribution is 0.191. The largest absolute Gasteiger partial charge is 0.481 e. The molecule has 0 heterocycles. The molecule has 0 aliphatic heterocycles. The van der Waals surface area contributed by atoms with Crippen LogP contribution in [-0.2, 0) is 18.0 Å². The fourth-order valence-corrected chi connectivity index (χ4v) is 2.50. The van der Waals surface area contributed by atoms with Gasteiger partial charge in [0, 0.05) is 8.22 Å². The Bertz CT molecular complexity index is 588. The highest BCUT2D eigenvalue weighted by Crippen LogP contribution is 2.57. The van der Waals surface area contributed by atoms with E-state index in [1.807, 2.05) is 0 Å². The minimum Gasteiger partial charge on any atom is -0.302 e. The van der Waals surface area contributed by atoms with E-state index in [-0.39, 0.29) is 12.8 Å². The second-order valence-electron chi connectivity index (χ2n) is 3.54. The Kier molecular flexibility index (Phi) is 4.47. The van der Waals surface area contributed by atoms with Gasteiger partial charge in [-0.05, 0) is 33.5 Å². The smallest absolute Gasteiger partial charge is 0.302 e. The molecule has 0 aromatic heterocycles. The van der Waals surface area contributed by atoms with E-state index in [2.05, 4.69) is 8.83 Å². The Labute approximate surface area is 121 Å². The van der Waals surface area contributed by atoms with Crippen LogP contribution in [0.2, 0.25) is 0 Å². The number of allylic oxidation sites excluding steroid dienone is 3. The van der Waals surface area contributed by atoms with Crippen LogP contribution in [-0.4, -0.2) is 21.3 Å². The van der Waals surface area contributed by atoms with Gasteiger partial charge in [-0.1, -0.05) is 23.3 Å². The molecule has 3 N–H and O–H groups in total. The molecule has 0 amide bonds. The van der Waals surface area contributed by atoms with Gasteiger partial charge in [-0.15, -0.1) is 0 Å². The van der Waals surface area contributed by atoms with Gasteiger partial charge in [-0.2, -0.15) is 4.31 Å². The van der Waals surface area contributed by atoms with Crippen LogP contribution < -0.4 is 0 Å². The summed E-state index contributed by atoms with van der Waals surface area (Å²) in [6.45, 7) is -4.40. The SMILES string of the molecule is [2H]C([2H])([2H])C(=CCC/C(C)=C/COP(=O)(O)OP(=O)(O)O)C([2H])([2H])[2H]. The maximum absolute atomic E-state index is 11.2.